The van der Waals surface area contributed by atoms with Crippen LogP contribution in [-0.4, -0.2) is 18.1 Å². The van der Waals surface area contributed by atoms with Crippen molar-refractivity contribution in [1.82, 2.24) is 4.98 Å². The molecule has 18 heavy (non-hydrogen) atoms. The van der Waals surface area contributed by atoms with E-state index >= 15 is 0 Å². The number of methoxy groups -OCH3 is 1. The molecule has 1 aromatic heterocycles. The molecule has 0 radical (unpaired) electrons. The van der Waals surface area contributed by atoms with Gasteiger partial charge in [0.05, 0.1) is 18.9 Å². The highest BCUT2D eigenvalue weighted by atomic mass is 16.5. The SMILES string of the molecule is COC(=O)c1ccc(Oc2ccc(N)nc2)cc1. The smallest absolute Gasteiger partial charge is 0.337 e. The van der Waals surface area contributed by atoms with E-state index in [9.17, 15) is 4.79 Å². The van der Waals surface area contributed by atoms with Crippen LogP contribution in [-0.2, 0) is 4.74 Å². The Morgan fingerprint density at radius 1 is 1.11 bits per heavy atom. The van der Waals surface area contributed by atoms with E-state index in [4.69, 9.17) is 10.5 Å². The average molecular weight is 244 g/mol. The fourth-order valence-corrected chi connectivity index (χ4v) is 1.37. The number of nitrogens with two attached hydrogens (primary N) is 1. The van der Waals surface area contributed by atoms with Gasteiger partial charge >= 0.3 is 5.97 Å². The van der Waals surface area contributed by atoms with Crippen LogP contribution in [0.15, 0.2) is 42.6 Å². The van der Waals surface area contributed by atoms with Crippen molar-refractivity contribution < 1.29 is 14.3 Å². The highest BCUT2D eigenvalue weighted by molar-refractivity contribution is 5.89. The zero-order chi connectivity index (χ0) is 13.0. The third-order valence-corrected chi connectivity index (χ3v) is 2.27. The van der Waals surface area contributed by atoms with E-state index < -0.39 is 0 Å². The predicted molar refractivity (Wildman–Crippen MR) is 66.5 cm³/mol. The van der Waals surface area contributed by atoms with Crippen LogP contribution in [0.25, 0.3) is 0 Å². The molecule has 5 heteroatoms. The second-order valence-corrected chi connectivity index (χ2v) is 3.54. The quantitative estimate of drug-likeness (QED) is 0.838. The molecule has 0 saturated carbocycles. The second kappa shape index (κ2) is 5.18. The molecule has 0 amide bonds. The third-order valence-electron chi connectivity index (χ3n) is 2.27. The van der Waals surface area contributed by atoms with Gasteiger partial charge in [-0.15, -0.1) is 0 Å². The minimum absolute atomic E-state index is 0.379. The summed E-state index contributed by atoms with van der Waals surface area (Å²) in [6.45, 7) is 0. The fourth-order valence-electron chi connectivity index (χ4n) is 1.37. The molecule has 0 spiro atoms. The number of nitrogen functional groups attached to an aromatic ring is 1. The molecule has 0 atom stereocenters. The van der Waals surface area contributed by atoms with Gasteiger partial charge in [0.25, 0.3) is 0 Å². The van der Waals surface area contributed by atoms with E-state index in [1.54, 1.807) is 36.4 Å². The topological polar surface area (TPSA) is 74.4 Å². The molecule has 0 aliphatic heterocycles. The highest BCUT2D eigenvalue weighted by Crippen LogP contribution is 2.21. The van der Waals surface area contributed by atoms with Crippen LogP contribution in [0.4, 0.5) is 5.82 Å². The molecule has 5 nitrogen and oxygen atoms in total. The van der Waals surface area contributed by atoms with E-state index in [-0.39, 0.29) is 5.97 Å². The van der Waals surface area contributed by atoms with Gasteiger partial charge in [0.15, 0.2) is 0 Å². The second-order valence-electron chi connectivity index (χ2n) is 3.54. The van der Waals surface area contributed by atoms with Crippen LogP contribution in [0.3, 0.4) is 0 Å². The molecule has 2 N–H and O–H groups in total. The van der Waals surface area contributed by atoms with Crippen LogP contribution in [0.2, 0.25) is 0 Å². The van der Waals surface area contributed by atoms with Gasteiger partial charge in [0, 0.05) is 0 Å². The van der Waals surface area contributed by atoms with Gasteiger partial charge in [0.2, 0.25) is 0 Å². The van der Waals surface area contributed by atoms with Gasteiger partial charge in [0.1, 0.15) is 17.3 Å². The summed E-state index contributed by atoms with van der Waals surface area (Å²) in [6, 6.07) is 10.00. The molecule has 0 aliphatic carbocycles. The summed E-state index contributed by atoms with van der Waals surface area (Å²) in [5.74, 6) is 1.24. The number of benzene rings is 1. The standard InChI is InChI=1S/C13H12N2O3/c1-17-13(16)9-2-4-10(5-3-9)18-11-6-7-12(14)15-8-11/h2-8H,1H3,(H2,14,15). The van der Waals surface area contributed by atoms with E-state index in [0.29, 0.717) is 22.9 Å². The van der Waals surface area contributed by atoms with Crippen LogP contribution in [0.5, 0.6) is 11.5 Å². The summed E-state index contributed by atoms with van der Waals surface area (Å²) in [7, 11) is 1.34. The van der Waals surface area contributed by atoms with Crippen LogP contribution in [0.1, 0.15) is 10.4 Å². The number of rotatable bonds is 3. The highest BCUT2D eigenvalue weighted by Gasteiger charge is 2.05. The maximum Gasteiger partial charge on any atom is 0.337 e. The Hall–Kier alpha value is -2.56. The Morgan fingerprint density at radius 2 is 1.78 bits per heavy atom. The molecule has 2 rings (SSSR count). The summed E-state index contributed by atoms with van der Waals surface area (Å²) in [5, 5.41) is 0. The number of esters is 1. The van der Waals surface area contributed by atoms with E-state index in [1.165, 1.54) is 13.3 Å². The molecular weight excluding hydrogens is 232 g/mol. The van der Waals surface area contributed by atoms with E-state index in [0.717, 1.165) is 0 Å². The Balaban J connectivity index is 2.10. The fraction of sp³-hybridized carbons (Fsp3) is 0.0769. The number of anilines is 1. The first-order valence-corrected chi connectivity index (χ1v) is 5.27. The van der Waals surface area contributed by atoms with Crippen molar-refractivity contribution in [3.8, 4) is 11.5 Å². The van der Waals surface area contributed by atoms with Gasteiger partial charge in [-0.3, -0.25) is 0 Å². The first-order valence-electron chi connectivity index (χ1n) is 5.27. The number of carbonyl (C=O) groups excluding carboxylic acids is 1. The number of ether oxygens (including phenoxy) is 2. The number of aromatic nitrogens is 1. The first kappa shape index (κ1) is 11.9. The van der Waals surface area contributed by atoms with Gasteiger partial charge in [-0.2, -0.15) is 0 Å². The maximum absolute atomic E-state index is 11.2. The predicted octanol–water partition coefficient (Wildman–Crippen LogP) is 2.24. The molecule has 1 heterocycles. The van der Waals surface area contributed by atoms with Gasteiger partial charge in [-0.05, 0) is 36.4 Å². The van der Waals surface area contributed by atoms with Gasteiger partial charge in [-0.25, -0.2) is 9.78 Å². The van der Waals surface area contributed by atoms with Gasteiger partial charge in [-0.1, -0.05) is 0 Å². The Morgan fingerprint density at radius 3 is 2.33 bits per heavy atom. The lowest BCUT2D eigenvalue weighted by molar-refractivity contribution is 0.0600. The van der Waals surface area contributed by atoms with Crippen molar-refractivity contribution in [1.29, 1.82) is 0 Å². The maximum atomic E-state index is 11.2. The van der Waals surface area contributed by atoms with Crippen molar-refractivity contribution in [2.75, 3.05) is 12.8 Å². The van der Waals surface area contributed by atoms with Crippen molar-refractivity contribution >= 4 is 11.8 Å². The number of pyridine rings is 1. The van der Waals surface area contributed by atoms with E-state index in [1.807, 2.05) is 0 Å². The summed E-state index contributed by atoms with van der Waals surface area (Å²) < 4.78 is 10.1. The molecule has 0 bridgehead atoms. The number of carbonyl (C=O) groups is 1. The summed E-state index contributed by atoms with van der Waals surface area (Å²) in [5.41, 5.74) is 5.94. The van der Waals surface area contributed by atoms with Crippen LogP contribution < -0.4 is 10.5 Å². The lowest BCUT2D eigenvalue weighted by Crippen LogP contribution is -2.00. The summed E-state index contributed by atoms with van der Waals surface area (Å²) in [4.78, 5) is 15.1. The summed E-state index contributed by atoms with van der Waals surface area (Å²) in [6.07, 6.45) is 1.53. The lowest BCUT2D eigenvalue weighted by Gasteiger charge is -2.06. The molecule has 0 fully saturated rings. The van der Waals surface area contributed by atoms with Crippen molar-refractivity contribution in [3.05, 3.63) is 48.2 Å². The Bertz CT molecular complexity index is 535. The first-order chi connectivity index (χ1) is 8.69. The molecule has 0 saturated heterocycles. The zero-order valence-electron chi connectivity index (χ0n) is 9.79. The van der Waals surface area contributed by atoms with Crippen LogP contribution in [0, 0.1) is 0 Å². The van der Waals surface area contributed by atoms with Crippen LogP contribution >= 0.6 is 0 Å². The summed E-state index contributed by atoms with van der Waals surface area (Å²) >= 11 is 0. The molecule has 0 unspecified atom stereocenters. The van der Waals surface area contributed by atoms with E-state index in [2.05, 4.69) is 9.72 Å². The van der Waals surface area contributed by atoms with Crippen molar-refractivity contribution in [3.63, 3.8) is 0 Å². The number of nitrogens with zero attached hydrogens (tertiary/aromatic N) is 1. The number of hydrogen-bond acceptors (Lipinski definition) is 5. The largest absolute Gasteiger partial charge is 0.465 e. The zero-order valence-corrected chi connectivity index (χ0v) is 9.79. The Kier molecular flexibility index (Phi) is 3.43. The number of hydrogen-bond donors (Lipinski definition) is 1. The van der Waals surface area contributed by atoms with Crippen molar-refractivity contribution in [2.45, 2.75) is 0 Å². The monoisotopic (exact) mass is 244 g/mol. The molecule has 92 valence electrons. The Labute approximate surface area is 104 Å². The lowest BCUT2D eigenvalue weighted by atomic mass is 10.2. The molecule has 0 aliphatic rings. The minimum Gasteiger partial charge on any atom is -0.465 e. The average Bonchev–Trinajstić information content (AvgIpc) is 2.41. The molecule has 1 aromatic carbocycles. The van der Waals surface area contributed by atoms with Crippen molar-refractivity contribution in [2.24, 2.45) is 0 Å². The molecular formula is C13H12N2O3. The molecule has 2 aromatic rings. The van der Waals surface area contributed by atoms with Gasteiger partial charge < -0.3 is 15.2 Å². The minimum atomic E-state index is -0.379. The normalized spacial score (nSPS) is 9.83. The third kappa shape index (κ3) is 2.76.